The zero-order chi connectivity index (χ0) is 21.4. The summed E-state index contributed by atoms with van der Waals surface area (Å²) in [5.41, 5.74) is 5.95. The number of amides is 1. The largest absolute Gasteiger partial charge is 0.479 e. The van der Waals surface area contributed by atoms with Crippen molar-refractivity contribution in [3.05, 3.63) is 40.9 Å². The molecule has 8 heteroatoms. The standard InChI is InChI=1S/C22H25N5O3/c1-6-19-25-16-11-14(7-9-17(16)30-19)24-18(28)10-8-15-12(2)20-21(23-13(15)3)27(4)26-22(20)29-5/h7,9,11H,6,8,10H2,1-5H3,(H,24,28). The van der Waals surface area contributed by atoms with E-state index in [-0.39, 0.29) is 5.91 Å². The summed E-state index contributed by atoms with van der Waals surface area (Å²) in [6.45, 7) is 5.98. The summed E-state index contributed by atoms with van der Waals surface area (Å²) in [5, 5.41) is 8.22. The molecule has 4 rings (SSSR count). The number of nitrogens with zero attached hydrogens (tertiary/aromatic N) is 4. The molecule has 0 bridgehead atoms. The molecule has 0 saturated heterocycles. The van der Waals surface area contributed by atoms with Crippen molar-refractivity contribution >= 4 is 33.7 Å². The monoisotopic (exact) mass is 407 g/mol. The van der Waals surface area contributed by atoms with E-state index < -0.39 is 0 Å². The maximum atomic E-state index is 12.6. The van der Waals surface area contributed by atoms with Gasteiger partial charge in [-0.2, -0.15) is 0 Å². The van der Waals surface area contributed by atoms with Crippen LogP contribution in [0, 0.1) is 13.8 Å². The molecule has 0 aliphatic rings. The van der Waals surface area contributed by atoms with E-state index in [0.29, 0.717) is 30.3 Å². The van der Waals surface area contributed by atoms with E-state index in [0.717, 1.165) is 45.4 Å². The first-order valence-corrected chi connectivity index (χ1v) is 9.97. The van der Waals surface area contributed by atoms with Gasteiger partial charge in [0.25, 0.3) is 0 Å². The second kappa shape index (κ2) is 7.78. The van der Waals surface area contributed by atoms with Crippen LogP contribution in [0.3, 0.4) is 0 Å². The lowest BCUT2D eigenvalue weighted by Gasteiger charge is -2.11. The second-order valence-corrected chi connectivity index (χ2v) is 7.32. The van der Waals surface area contributed by atoms with Crippen LogP contribution in [0.1, 0.15) is 36.1 Å². The summed E-state index contributed by atoms with van der Waals surface area (Å²) >= 11 is 0. The summed E-state index contributed by atoms with van der Waals surface area (Å²) in [7, 11) is 3.45. The number of aryl methyl sites for hydroxylation is 4. The number of ether oxygens (including phenoxy) is 1. The number of nitrogens with one attached hydrogen (secondary N) is 1. The molecule has 3 aromatic heterocycles. The second-order valence-electron chi connectivity index (χ2n) is 7.32. The number of carbonyl (C=O) groups excluding carboxylic acids is 1. The fourth-order valence-electron chi connectivity index (χ4n) is 3.77. The van der Waals surface area contributed by atoms with E-state index in [1.807, 2.05) is 46.0 Å². The van der Waals surface area contributed by atoms with Crippen molar-refractivity contribution in [1.29, 1.82) is 0 Å². The first-order valence-electron chi connectivity index (χ1n) is 9.97. The molecule has 156 valence electrons. The Balaban J connectivity index is 1.51. The Bertz CT molecular complexity index is 1260. The van der Waals surface area contributed by atoms with Gasteiger partial charge >= 0.3 is 0 Å². The van der Waals surface area contributed by atoms with E-state index in [2.05, 4.69) is 20.4 Å². The first kappa shape index (κ1) is 19.9. The van der Waals surface area contributed by atoms with Gasteiger partial charge in [0, 0.05) is 31.3 Å². The SMILES string of the molecule is CCc1nc2cc(NC(=O)CCc3c(C)nc4c(c(OC)nn4C)c3C)ccc2o1. The van der Waals surface area contributed by atoms with Gasteiger partial charge in [-0.3, -0.25) is 4.79 Å². The molecule has 8 nitrogen and oxygen atoms in total. The van der Waals surface area contributed by atoms with Crippen molar-refractivity contribution in [3.63, 3.8) is 0 Å². The highest BCUT2D eigenvalue weighted by molar-refractivity contribution is 5.93. The minimum atomic E-state index is -0.0643. The molecule has 0 spiro atoms. The van der Waals surface area contributed by atoms with Crippen LogP contribution in [0.2, 0.25) is 0 Å². The number of methoxy groups -OCH3 is 1. The van der Waals surface area contributed by atoms with E-state index in [4.69, 9.17) is 9.15 Å². The Kier molecular flexibility index (Phi) is 5.15. The van der Waals surface area contributed by atoms with Crippen LogP contribution in [-0.4, -0.2) is 32.8 Å². The zero-order valence-corrected chi connectivity index (χ0v) is 17.9. The summed E-state index contributed by atoms with van der Waals surface area (Å²) in [6.07, 6.45) is 1.65. The van der Waals surface area contributed by atoms with Gasteiger partial charge in [0.05, 0.1) is 12.5 Å². The fraction of sp³-hybridized carbons (Fsp3) is 0.364. The molecule has 0 radical (unpaired) electrons. The van der Waals surface area contributed by atoms with Crippen LogP contribution < -0.4 is 10.1 Å². The predicted octanol–water partition coefficient (Wildman–Crippen LogP) is 3.87. The number of hydrogen-bond donors (Lipinski definition) is 1. The van der Waals surface area contributed by atoms with Gasteiger partial charge < -0.3 is 14.5 Å². The number of hydrogen-bond acceptors (Lipinski definition) is 6. The van der Waals surface area contributed by atoms with E-state index in [1.165, 1.54) is 0 Å². The number of anilines is 1. The normalized spacial score (nSPS) is 11.4. The third-order valence-electron chi connectivity index (χ3n) is 5.34. The Morgan fingerprint density at radius 2 is 2.07 bits per heavy atom. The van der Waals surface area contributed by atoms with E-state index in [9.17, 15) is 4.79 Å². The van der Waals surface area contributed by atoms with Gasteiger partial charge in [-0.25, -0.2) is 14.6 Å². The molecule has 1 amide bonds. The van der Waals surface area contributed by atoms with Crippen molar-refractivity contribution < 1.29 is 13.9 Å². The van der Waals surface area contributed by atoms with Gasteiger partial charge in [-0.1, -0.05) is 6.92 Å². The maximum Gasteiger partial charge on any atom is 0.242 e. The minimum Gasteiger partial charge on any atom is -0.479 e. The third kappa shape index (κ3) is 3.49. The van der Waals surface area contributed by atoms with Gasteiger partial charge in [-0.15, -0.1) is 5.10 Å². The van der Waals surface area contributed by atoms with E-state index >= 15 is 0 Å². The number of carbonyl (C=O) groups is 1. The van der Waals surface area contributed by atoms with Crippen molar-refractivity contribution in [2.24, 2.45) is 7.05 Å². The lowest BCUT2D eigenvalue weighted by Crippen LogP contribution is -2.13. The Labute approximate surface area is 174 Å². The highest BCUT2D eigenvalue weighted by atomic mass is 16.5. The van der Waals surface area contributed by atoms with Gasteiger partial charge in [-0.05, 0) is 49.6 Å². The molecule has 0 aliphatic heterocycles. The molecule has 1 aromatic carbocycles. The lowest BCUT2D eigenvalue weighted by atomic mass is 10.00. The van der Waals surface area contributed by atoms with Crippen molar-refractivity contribution in [1.82, 2.24) is 19.7 Å². The zero-order valence-electron chi connectivity index (χ0n) is 17.9. The molecule has 3 heterocycles. The smallest absolute Gasteiger partial charge is 0.242 e. The van der Waals surface area contributed by atoms with Crippen LogP contribution in [0.15, 0.2) is 22.6 Å². The predicted molar refractivity (Wildman–Crippen MR) is 115 cm³/mol. The summed E-state index contributed by atoms with van der Waals surface area (Å²) < 4.78 is 12.7. The number of aromatic nitrogens is 4. The molecule has 4 aromatic rings. The number of fused-ring (bicyclic) bond motifs is 2. The fourth-order valence-corrected chi connectivity index (χ4v) is 3.77. The molecule has 0 atom stereocenters. The Morgan fingerprint density at radius 3 is 2.80 bits per heavy atom. The lowest BCUT2D eigenvalue weighted by molar-refractivity contribution is -0.116. The van der Waals surface area contributed by atoms with Crippen molar-refractivity contribution in [3.8, 4) is 5.88 Å². The Morgan fingerprint density at radius 1 is 1.27 bits per heavy atom. The average Bonchev–Trinajstić information content (AvgIpc) is 3.28. The topological polar surface area (TPSA) is 95.1 Å². The molecule has 1 N–H and O–H groups in total. The van der Waals surface area contributed by atoms with Gasteiger partial charge in [0.1, 0.15) is 5.52 Å². The highest BCUT2D eigenvalue weighted by Crippen LogP contribution is 2.30. The summed E-state index contributed by atoms with van der Waals surface area (Å²) in [4.78, 5) is 21.7. The molecule has 0 fully saturated rings. The van der Waals surface area contributed by atoms with Crippen molar-refractivity contribution in [2.75, 3.05) is 12.4 Å². The Hall–Kier alpha value is -3.42. The number of rotatable bonds is 6. The van der Waals surface area contributed by atoms with Crippen LogP contribution in [-0.2, 0) is 24.7 Å². The molecule has 30 heavy (non-hydrogen) atoms. The molecular weight excluding hydrogens is 382 g/mol. The number of benzene rings is 1. The van der Waals surface area contributed by atoms with Crippen molar-refractivity contribution in [2.45, 2.75) is 40.0 Å². The summed E-state index contributed by atoms with van der Waals surface area (Å²) in [6, 6.07) is 5.49. The number of pyridine rings is 1. The van der Waals surface area contributed by atoms with Crippen LogP contribution in [0.5, 0.6) is 5.88 Å². The molecule has 0 unspecified atom stereocenters. The third-order valence-corrected chi connectivity index (χ3v) is 5.34. The van der Waals surface area contributed by atoms with Crippen LogP contribution in [0.4, 0.5) is 5.69 Å². The maximum absolute atomic E-state index is 12.6. The molecular formula is C22H25N5O3. The number of oxazole rings is 1. The average molecular weight is 407 g/mol. The van der Waals surface area contributed by atoms with Crippen LogP contribution >= 0.6 is 0 Å². The van der Waals surface area contributed by atoms with Gasteiger partial charge in [0.2, 0.25) is 11.8 Å². The molecule has 0 aliphatic carbocycles. The summed E-state index contributed by atoms with van der Waals surface area (Å²) in [5.74, 6) is 1.18. The van der Waals surface area contributed by atoms with Crippen LogP contribution in [0.25, 0.3) is 22.1 Å². The molecule has 0 saturated carbocycles. The highest BCUT2D eigenvalue weighted by Gasteiger charge is 2.18. The first-order chi connectivity index (χ1) is 14.4. The van der Waals surface area contributed by atoms with E-state index in [1.54, 1.807) is 11.8 Å². The van der Waals surface area contributed by atoms with Gasteiger partial charge in [0.15, 0.2) is 17.1 Å². The quantitative estimate of drug-likeness (QED) is 0.521. The minimum absolute atomic E-state index is 0.0643.